The van der Waals surface area contributed by atoms with E-state index in [-0.39, 0.29) is 11.5 Å². The van der Waals surface area contributed by atoms with Crippen molar-refractivity contribution in [2.75, 3.05) is 0 Å². The Balaban J connectivity index is 2.11. The van der Waals surface area contributed by atoms with Gasteiger partial charge in [-0.1, -0.05) is 42.5 Å². The van der Waals surface area contributed by atoms with Crippen molar-refractivity contribution >= 4 is 5.78 Å². The van der Waals surface area contributed by atoms with Gasteiger partial charge in [0.15, 0.2) is 17.6 Å². The third-order valence-corrected chi connectivity index (χ3v) is 2.60. The highest BCUT2D eigenvalue weighted by atomic mass is 16.5. The van der Waals surface area contributed by atoms with Crippen LogP contribution in [0, 0.1) is 0 Å². The molecule has 0 saturated heterocycles. The summed E-state index contributed by atoms with van der Waals surface area (Å²) in [6.07, 6.45) is -0.638. The van der Waals surface area contributed by atoms with Crippen LogP contribution in [-0.4, -0.2) is 17.0 Å². The normalized spacial score (nSPS) is 11.8. The van der Waals surface area contributed by atoms with E-state index in [9.17, 15) is 9.90 Å². The molecule has 0 aliphatic carbocycles. The zero-order valence-electron chi connectivity index (χ0n) is 10.0. The topological polar surface area (TPSA) is 46.5 Å². The lowest BCUT2D eigenvalue weighted by molar-refractivity contribution is 0.0814. The van der Waals surface area contributed by atoms with Gasteiger partial charge in [-0.15, -0.1) is 0 Å². The fraction of sp³-hybridized carbons (Fsp3) is 0.133. The Labute approximate surface area is 106 Å². The molecule has 3 nitrogen and oxygen atoms in total. The summed E-state index contributed by atoms with van der Waals surface area (Å²) in [6.45, 7) is 1.67. The fourth-order valence-electron chi connectivity index (χ4n) is 1.64. The Bertz CT molecular complexity index is 534. The quantitative estimate of drug-likeness (QED) is 0.838. The standard InChI is InChI=1S/C15H14O3/c1-11(15(17)12-7-3-2-4-8-12)18-14-10-6-5-9-13(14)16/h2-11,16H,1H3. The third-order valence-electron chi connectivity index (χ3n) is 2.60. The Kier molecular flexibility index (Phi) is 3.63. The number of ketones is 1. The van der Waals surface area contributed by atoms with Crippen molar-refractivity contribution in [3.05, 3.63) is 60.2 Å². The van der Waals surface area contributed by atoms with Crippen molar-refractivity contribution < 1.29 is 14.6 Å². The molecule has 0 radical (unpaired) electrons. The number of hydrogen-bond acceptors (Lipinski definition) is 3. The van der Waals surface area contributed by atoms with Gasteiger partial charge in [0.05, 0.1) is 0 Å². The molecule has 1 N–H and O–H groups in total. The lowest BCUT2D eigenvalue weighted by atomic mass is 10.1. The molecule has 2 aromatic carbocycles. The van der Waals surface area contributed by atoms with Gasteiger partial charge in [0.2, 0.25) is 5.78 Å². The molecule has 0 saturated carbocycles. The summed E-state index contributed by atoms with van der Waals surface area (Å²) in [6, 6.07) is 15.5. The number of Topliss-reactive ketones (excluding diaryl/α,β-unsaturated/α-hetero) is 1. The van der Waals surface area contributed by atoms with Crippen LogP contribution in [0.3, 0.4) is 0 Å². The first-order valence-electron chi connectivity index (χ1n) is 5.72. The van der Waals surface area contributed by atoms with E-state index in [1.54, 1.807) is 49.4 Å². The summed E-state index contributed by atoms with van der Waals surface area (Å²) in [5.41, 5.74) is 0.598. The van der Waals surface area contributed by atoms with Gasteiger partial charge in [-0.25, -0.2) is 0 Å². The number of phenolic OH excluding ortho intramolecular Hbond substituents is 1. The highest BCUT2D eigenvalue weighted by molar-refractivity contribution is 5.99. The SMILES string of the molecule is CC(Oc1ccccc1O)C(=O)c1ccccc1. The van der Waals surface area contributed by atoms with Crippen molar-refractivity contribution in [1.29, 1.82) is 0 Å². The van der Waals surface area contributed by atoms with Crippen LogP contribution in [0.5, 0.6) is 11.5 Å². The molecule has 0 aliphatic rings. The van der Waals surface area contributed by atoms with E-state index in [1.807, 2.05) is 6.07 Å². The number of carbonyl (C=O) groups excluding carboxylic acids is 1. The average molecular weight is 242 g/mol. The molecule has 1 atom stereocenters. The van der Waals surface area contributed by atoms with Gasteiger partial charge in [0, 0.05) is 5.56 Å². The van der Waals surface area contributed by atoms with E-state index in [4.69, 9.17) is 4.74 Å². The van der Waals surface area contributed by atoms with Crippen LogP contribution in [0.4, 0.5) is 0 Å². The molecule has 3 heteroatoms. The summed E-state index contributed by atoms with van der Waals surface area (Å²) in [7, 11) is 0. The lowest BCUT2D eigenvalue weighted by Crippen LogP contribution is -2.23. The van der Waals surface area contributed by atoms with Gasteiger partial charge in [-0.05, 0) is 19.1 Å². The Hall–Kier alpha value is -2.29. The summed E-state index contributed by atoms with van der Waals surface area (Å²) < 4.78 is 5.46. The van der Waals surface area contributed by atoms with E-state index >= 15 is 0 Å². The Morgan fingerprint density at radius 1 is 1.06 bits per heavy atom. The highest BCUT2D eigenvalue weighted by Gasteiger charge is 2.17. The number of phenols is 1. The minimum absolute atomic E-state index is 0.0326. The van der Waals surface area contributed by atoms with Gasteiger partial charge in [0.1, 0.15) is 0 Å². The lowest BCUT2D eigenvalue weighted by Gasteiger charge is -2.14. The molecule has 0 heterocycles. The van der Waals surface area contributed by atoms with Crippen LogP contribution in [0.1, 0.15) is 17.3 Å². The Morgan fingerprint density at radius 2 is 1.67 bits per heavy atom. The highest BCUT2D eigenvalue weighted by Crippen LogP contribution is 2.26. The van der Waals surface area contributed by atoms with Crippen LogP contribution in [0.2, 0.25) is 0 Å². The van der Waals surface area contributed by atoms with Gasteiger partial charge in [-0.2, -0.15) is 0 Å². The van der Waals surface area contributed by atoms with Crippen molar-refractivity contribution in [1.82, 2.24) is 0 Å². The van der Waals surface area contributed by atoms with E-state index in [1.165, 1.54) is 6.07 Å². The predicted molar refractivity (Wildman–Crippen MR) is 69.0 cm³/mol. The van der Waals surface area contributed by atoms with Crippen molar-refractivity contribution in [2.45, 2.75) is 13.0 Å². The molecule has 0 spiro atoms. The van der Waals surface area contributed by atoms with E-state index in [0.29, 0.717) is 11.3 Å². The first kappa shape index (κ1) is 12.2. The van der Waals surface area contributed by atoms with Gasteiger partial charge in [0.25, 0.3) is 0 Å². The number of benzene rings is 2. The second-order valence-corrected chi connectivity index (χ2v) is 3.96. The Morgan fingerprint density at radius 3 is 2.33 bits per heavy atom. The molecule has 0 bridgehead atoms. The average Bonchev–Trinajstić information content (AvgIpc) is 2.41. The molecular weight excluding hydrogens is 228 g/mol. The second-order valence-electron chi connectivity index (χ2n) is 3.96. The van der Waals surface area contributed by atoms with Crippen LogP contribution in [0.15, 0.2) is 54.6 Å². The van der Waals surface area contributed by atoms with Crippen LogP contribution >= 0.6 is 0 Å². The van der Waals surface area contributed by atoms with Gasteiger partial charge < -0.3 is 9.84 Å². The summed E-state index contributed by atoms with van der Waals surface area (Å²) in [5, 5.41) is 9.58. The number of carbonyl (C=O) groups is 1. The van der Waals surface area contributed by atoms with Crippen LogP contribution < -0.4 is 4.74 Å². The monoisotopic (exact) mass is 242 g/mol. The maximum atomic E-state index is 12.1. The maximum Gasteiger partial charge on any atom is 0.202 e. The van der Waals surface area contributed by atoms with Crippen LogP contribution in [-0.2, 0) is 0 Å². The molecule has 0 amide bonds. The third kappa shape index (κ3) is 2.69. The van der Waals surface area contributed by atoms with Gasteiger partial charge in [-0.3, -0.25) is 4.79 Å². The molecule has 18 heavy (non-hydrogen) atoms. The number of aromatic hydroxyl groups is 1. The minimum atomic E-state index is -0.638. The largest absolute Gasteiger partial charge is 0.504 e. The van der Waals surface area contributed by atoms with Crippen molar-refractivity contribution in [3.8, 4) is 11.5 Å². The first-order chi connectivity index (χ1) is 8.68. The number of hydrogen-bond donors (Lipinski definition) is 1. The number of ether oxygens (including phenoxy) is 1. The van der Waals surface area contributed by atoms with E-state index < -0.39 is 6.10 Å². The van der Waals surface area contributed by atoms with Gasteiger partial charge >= 0.3 is 0 Å². The molecule has 92 valence electrons. The number of rotatable bonds is 4. The molecule has 1 unspecified atom stereocenters. The number of para-hydroxylation sites is 2. The molecular formula is C15H14O3. The maximum absolute atomic E-state index is 12.1. The van der Waals surface area contributed by atoms with E-state index in [0.717, 1.165) is 0 Å². The van der Waals surface area contributed by atoms with Crippen LogP contribution in [0.25, 0.3) is 0 Å². The summed E-state index contributed by atoms with van der Waals surface area (Å²) in [5.74, 6) is 0.235. The smallest absolute Gasteiger partial charge is 0.202 e. The first-order valence-corrected chi connectivity index (χ1v) is 5.72. The zero-order valence-corrected chi connectivity index (χ0v) is 10.0. The molecule has 2 aromatic rings. The zero-order chi connectivity index (χ0) is 13.0. The van der Waals surface area contributed by atoms with Crippen molar-refractivity contribution in [3.63, 3.8) is 0 Å². The minimum Gasteiger partial charge on any atom is -0.504 e. The van der Waals surface area contributed by atoms with Crippen molar-refractivity contribution in [2.24, 2.45) is 0 Å². The molecule has 0 aliphatic heterocycles. The summed E-state index contributed by atoms with van der Waals surface area (Å²) in [4.78, 5) is 12.1. The molecule has 0 fully saturated rings. The fourth-order valence-corrected chi connectivity index (χ4v) is 1.64. The molecule has 0 aromatic heterocycles. The predicted octanol–water partition coefficient (Wildman–Crippen LogP) is 3.04. The summed E-state index contributed by atoms with van der Waals surface area (Å²) >= 11 is 0. The van der Waals surface area contributed by atoms with E-state index in [2.05, 4.69) is 0 Å². The second kappa shape index (κ2) is 5.36. The molecule has 2 rings (SSSR count).